The Balaban J connectivity index is 1.98. The normalized spacial score (nSPS) is 11.5. The van der Waals surface area contributed by atoms with Crippen LogP contribution in [0, 0.1) is 0 Å². The molecule has 2 aromatic rings. The first kappa shape index (κ1) is 16.0. The minimum atomic E-state index is -3.57. The van der Waals surface area contributed by atoms with Gasteiger partial charge in [-0.2, -0.15) is 0 Å². The molecule has 1 aromatic heterocycles. The highest BCUT2D eigenvalue weighted by atomic mass is 35.5. The second-order valence-electron chi connectivity index (χ2n) is 4.21. The van der Waals surface area contributed by atoms with Crippen LogP contribution in [0.2, 0.25) is 4.34 Å². The molecule has 0 radical (unpaired) electrons. The minimum Gasteiger partial charge on any atom is -0.478 e. The molecule has 0 amide bonds. The summed E-state index contributed by atoms with van der Waals surface area (Å²) in [6.45, 7) is 0.181. The first-order valence-corrected chi connectivity index (χ1v) is 8.63. The average Bonchev–Trinajstić information content (AvgIpc) is 2.86. The number of nitrogens with one attached hydrogen (secondary N) is 1. The molecule has 2 N–H and O–H groups in total. The van der Waals surface area contributed by atoms with Crippen LogP contribution in [0.25, 0.3) is 0 Å². The molecule has 0 unspecified atom stereocenters. The molecule has 0 aliphatic heterocycles. The van der Waals surface area contributed by atoms with Crippen molar-refractivity contribution in [3.8, 4) is 0 Å². The maximum absolute atomic E-state index is 12.0. The van der Waals surface area contributed by atoms with Crippen LogP contribution in [-0.4, -0.2) is 26.0 Å². The zero-order valence-corrected chi connectivity index (χ0v) is 13.1. The van der Waals surface area contributed by atoms with E-state index >= 15 is 0 Å². The van der Waals surface area contributed by atoms with Gasteiger partial charge in [-0.15, -0.1) is 11.3 Å². The lowest BCUT2D eigenvalue weighted by Crippen LogP contribution is -2.25. The van der Waals surface area contributed by atoms with Crippen LogP contribution in [0.1, 0.15) is 15.9 Å². The van der Waals surface area contributed by atoms with Gasteiger partial charge in [0.25, 0.3) is 0 Å². The topological polar surface area (TPSA) is 83.5 Å². The van der Waals surface area contributed by atoms with Gasteiger partial charge in [-0.3, -0.25) is 0 Å². The molecule has 0 saturated carbocycles. The van der Waals surface area contributed by atoms with Crippen LogP contribution < -0.4 is 4.72 Å². The van der Waals surface area contributed by atoms with Crippen molar-refractivity contribution < 1.29 is 18.3 Å². The van der Waals surface area contributed by atoms with Crippen molar-refractivity contribution in [2.75, 3.05) is 6.54 Å². The Morgan fingerprint density at radius 1 is 1.29 bits per heavy atom. The highest BCUT2D eigenvalue weighted by molar-refractivity contribution is 7.91. The van der Waals surface area contributed by atoms with E-state index in [4.69, 9.17) is 16.7 Å². The van der Waals surface area contributed by atoms with Gasteiger partial charge in [-0.25, -0.2) is 17.9 Å². The fourth-order valence-electron chi connectivity index (χ4n) is 1.70. The molecule has 1 aromatic carbocycles. The number of halogens is 1. The highest BCUT2D eigenvalue weighted by Crippen LogP contribution is 2.25. The van der Waals surface area contributed by atoms with Gasteiger partial charge < -0.3 is 5.11 Å². The summed E-state index contributed by atoms with van der Waals surface area (Å²) in [6.07, 6.45) is 0.402. The zero-order valence-electron chi connectivity index (χ0n) is 10.7. The molecule has 0 saturated heterocycles. The van der Waals surface area contributed by atoms with E-state index in [0.717, 1.165) is 16.9 Å². The SMILES string of the molecule is O=C(O)c1cccc(CCNS(=O)(=O)c2ccc(Cl)s2)c1. The molecule has 21 heavy (non-hydrogen) atoms. The van der Waals surface area contributed by atoms with Crippen LogP contribution in [0.5, 0.6) is 0 Å². The molecule has 2 rings (SSSR count). The third-order valence-corrected chi connectivity index (χ3v) is 5.88. The van der Waals surface area contributed by atoms with E-state index in [0.29, 0.717) is 10.8 Å². The molecule has 0 aliphatic carbocycles. The molecule has 0 aliphatic rings. The number of carbonyl (C=O) groups is 1. The maximum atomic E-state index is 12.0. The molecule has 8 heteroatoms. The third-order valence-electron chi connectivity index (χ3n) is 2.69. The quantitative estimate of drug-likeness (QED) is 0.843. The fourth-order valence-corrected chi connectivity index (χ4v) is 4.26. The number of hydrogen-bond donors (Lipinski definition) is 2. The summed E-state index contributed by atoms with van der Waals surface area (Å²) in [5, 5.41) is 8.89. The van der Waals surface area contributed by atoms with E-state index < -0.39 is 16.0 Å². The number of carboxylic acid groups (broad SMARTS) is 1. The molecule has 5 nitrogen and oxygen atoms in total. The minimum absolute atomic E-state index is 0.159. The molecule has 0 atom stereocenters. The molecule has 1 heterocycles. The monoisotopic (exact) mass is 345 g/mol. The second kappa shape index (κ2) is 6.57. The Morgan fingerprint density at radius 2 is 2.05 bits per heavy atom. The number of benzene rings is 1. The van der Waals surface area contributed by atoms with Crippen molar-refractivity contribution in [1.82, 2.24) is 4.72 Å². The smallest absolute Gasteiger partial charge is 0.335 e. The van der Waals surface area contributed by atoms with Crippen molar-refractivity contribution in [1.29, 1.82) is 0 Å². The van der Waals surface area contributed by atoms with E-state index in [1.165, 1.54) is 24.3 Å². The van der Waals surface area contributed by atoms with E-state index in [-0.39, 0.29) is 16.3 Å². The second-order valence-corrected chi connectivity index (χ2v) is 7.92. The molecule has 0 bridgehead atoms. The Morgan fingerprint density at radius 3 is 2.67 bits per heavy atom. The lowest BCUT2D eigenvalue weighted by Gasteiger charge is -2.05. The number of aromatic carboxylic acids is 1. The molecular formula is C13H12ClNO4S2. The lowest BCUT2D eigenvalue weighted by molar-refractivity contribution is 0.0696. The molecule has 0 spiro atoms. The first-order valence-electron chi connectivity index (χ1n) is 5.96. The largest absolute Gasteiger partial charge is 0.478 e. The zero-order chi connectivity index (χ0) is 15.5. The van der Waals surface area contributed by atoms with Gasteiger partial charge in [0.2, 0.25) is 10.0 Å². The van der Waals surface area contributed by atoms with Gasteiger partial charge in [-0.05, 0) is 36.2 Å². The van der Waals surface area contributed by atoms with Gasteiger partial charge in [0.05, 0.1) is 9.90 Å². The summed E-state index contributed by atoms with van der Waals surface area (Å²) in [6, 6.07) is 9.37. The standard InChI is InChI=1S/C13H12ClNO4S2/c14-11-4-5-12(20-11)21(18,19)15-7-6-9-2-1-3-10(8-9)13(16)17/h1-5,8,15H,6-7H2,(H,16,17). The van der Waals surface area contributed by atoms with Gasteiger partial charge in [0, 0.05) is 6.54 Å². The van der Waals surface area contributed by atoms with Crippen LogP contribution >= 0.6 is 22.9 Å². The Labute approximate surface area is 131 Å². The fraction of sp³-hybridized carbons (Fsp3) is 0.154. The van der Waals surface area contributed by atoms with Crippen LogP contribution in [-0.2, 0) is 16.4 Å². The van der Waals surface area contributed by atoms with Gasteiger partial charge >= 0.3 is 5.97 Å². The lowest BCUT2D eigenvalue weighted by atomic mass is 10.1. The summed E-state index contributed by atoms with van der Waals surface area (Å²) in [5.41, 5.74) is 0.933. The molecular weight excluding hydrogens is 334 g/mol. The van der Waals surface area contributed by atoms with Crippen molar-refractivity contribution in [3.05, 3.63) is 51.9 Å². The van der Waals surface area contributed by atoms with Crippen LogP contribution in [0.4, 0.5) is 0 Å². The number of thiophene rings is 1. The van der Waals surface area contributed by atoms with Crippen LogP contribution in [0.3, 0.4) is 0 Å². The summed E-state index contributed by atoms with van der Waals surface area (Å²) >= 11 is 6.70. The van der Waals surface area contributed by atoms with E-state index in [1.54, 1.807) is 12.1 Å². The Kier molecular flexibility index (Phi) is 5.00. The van der Waals surface area contributed by atoms with Gasteiger partial charge in [0.15, 0.2) is 0 Å². The molecule has 112 valence electrons. The van der Waals surface area contributed by atoms with E-state index in [9.17, 15) is 13.2 Å². The van der Waals surface area contributed by atoms with Gasteiger partial charge in [0.1, 0.15) is 4.21 Å². The summed E-state index contributed by atoms with van der Waals surface area (Å²) in [5.74, 6) is -1.01. The van der Waals surface area contributed by atoms with Crippen LogP contribution in [0.15, 0.2) is 40.6 Å². The summed E-state index contributed by atoms with van der Waals surface area (Å²) in [4.78, 5) is 10.9. The summed E-state index contributed by atoms with van der Waals surface area (Å²) in [7, 11) is -3.57. The average molecular weight is 346 g/mol. The number of sulfonamides is 1. The number of carboxylic acids is 1. The maximum Gasteiger partial charge on any atom is 0.335 e. The van der Waals surface area contributed by atoms with Crippen molar-refractivity contribution in [3.63, 3.8) is 0 Å². The number of hydrogen-bond acceptors (Lipinski definition) is 4. The van der Waals surface area contributed by atoms with Crippen molar-refractivity contribution in [2.24, 2.45) is 0 Å². The highest BCUT2D eigenvalue weighted by Gasteiger charge is 2.15. The Bertz CT molecular complexity index is 755. The molecule has 0 fully saturated rings. The van der Waals surface area contributed by atoms with E-state index in [2.05, 4.69) is 4.72 Å². The first-order chi connectivity index (χ1) is 9.88. The van der Waals surface area contributed by atoms with Gasteiger partial charge in [-0.1, -0.05) is 23.7 Å². The Hall–Kier alpha value is -1.41. The number of rotatable bonds is 6. The van der Waals surface area contributed by atoms with E-state index in [1.807, 2.05) is 0 Å². The summed E-state index contributed by atoms with van der Waals surface area (Å²) < 4.78 is 26.9. The predicted octanol–water partition coefficient (Wildman–Crippen LogP) is 2.62. The predicted molar refractivity (Wildman–Crippen MR) is 81.6 cm³/mol. The van der Waals surface area contributed by atoms with Crippen molar-refractivity contribution >= 4 is 38.9 Å². The third kappa shape index (κ3) is 4.28. The van der Waals surface area contributed by atoms with Crippen molar-refractivity contribution in [2.45, 2.75) is 10.6 Å².